The van der Waals surface area contributed by atoms with Gasteiger partial charge in [0.25, 0.3) is 0 Å². The van der Waals surface area contributed by atoms with Crippen LogP contribution in [0.5, 0.6) is 0 Å². The highest BCUT2D eigenvalue weighted by molar-refractivity contribution is 7.98. The predicted molar refractivity (Wildman–Crippen MR) is 85.2 cm³/mol. The van der Waals surface area contributed by atoms with Crippen molar-refractivity contribution < 1.29 is 4.52 Å². The van der Waals surface area contributed by atoms with E-state index in [1.54, 1.807) is 11.8 Å². The van der Waals surface area contributed by atoms with Crippen LogP contribution < -0.4 is 4.90 Å². The van der Waals surface area contributed by atoms with Crippen molar-refractivity contribution in [3.63, 3.8) is 0 Å². The van der Waals surface area contributed by atoms with Gasteiger partial charge < -0.3 is 9.42 Å². The summed E-state index contributed by atoms with van der Waals surface area (Å²) >= 11 is 1.70. The van der Waals surface area contributed by atoms with Gasteiger partial charge in [-0.05, 0) is 39.0 Å². The fourth-order valence-electron chi connectivity index (χ4n) is 2.95. The quantitative estimate of drug-likeness (QED) is 0.789. The van der Waals surface area contributed by atoms with E-state index in [-0.39, 0.29) is 0 Å². The van der Waals surface area contributed by atoms with Crippen molar-refractivity contribution in [1.82, 2.24) is 19.9 Å². The van der Waals surface area contributed by atoms with E-state index < -0.39 is 0 Å². The van der Waals surface area contributed by atoms with Crippen LogP contribution in [-0.2, 0) is 5.75 Å². The van der Waals surface area contributed by atoms with Crippen molar-refractivity contribution in [3.05, 3.63) is 17.5 Å². The number of anilines is 1. The number of hydrogen-bond donors (Lipinski definition) is 0. The topological polar surface area (TPSA) is 60.0 Å². The number of thioether (sulfide) groups is 1. The molecule has 1 saturated heterocycles. The Morgan fingerprint density at radius 1 is 1.23 bits per heavy atom. The average molecular weight is 319 g/mol. The Hall–Kier alpha value is -1.50. The molecule has 0 aromatic carbocycles. The Morgan fingerprint density at radius 2 is 2.05 bits per heavy atom. The SMILES string of the molecule is Cc1cc(CSc2nnc(N3CCCCC3)n2C2CC2)on1. The van der Waals surface area contributed by atoms with E-state index in [0.29, 0.717) is 6.04 Å². The molecule has 1 saturated carbocycles. The summed E-state index contributed by atoms with van der Waals surface area (Å²) in [5, 5.41) is 13.9. The largest absolute Gasteiger partial charge is 0.360 e. The molecular weight excluding hydrogens is 298 g/mol. The molecule has 3 heterocycles. The van der Waals surface area contributed by atoms with Gasteiger partial charge in [-0.3, -0.25) is 4.57 Å². The second-order valence-corrected chi connectivity index (χ2v) is 7.10. The van der Waals surface area contributed by atoms with Gasteiger partial charge in [-0.2, -0.15) is 0 Å². The molecule has 0 N–H and O–H groups in total. The molecular formula is C15H21N5OS. The lowest BCUT2D eigenvalue weighted by Crippen LogP contribution is -2.31. The zero-order valence-corrected chi connectivity index (χ0v) is 13.7. The summed E-state index contributed by atoms with van der Waals surface area (Å²) in [7, 11) is 0. The molecule has 0 radical (unpaired) electrons. The third-order valence-electron chi connectivity index (χ3n) is 4.22. The van der Waals surface area contributed by atoms with Gasteiger partial charge in [0.15, 0.2) is 5.16 Å². The lowest BCUT2D eigenvalue weighted by Gasteiger charge is -2.27. The van der Waals surface area contributed by atoms with E-state index in [2.05, 4.69) is 24.8 Å². The summed E-state index contributed by atoms with van der Waals surface area (Å²) in [5.41, 5.74) is 0.924. The third-order valence-corrected chi connectivity index (χ3v) is 5.18. The molecule has 0 amide bonds. The van der Waals surface area contributed by atoms with Crippen molar-refractivity contribution in [2.24, 2.45) is 0 Å². The molecule has 0 atom stereocenters. The molecule has 0 bridgehead atoms. The van der Waals surface area contributed by atoms with E-state index in [0.717, 1.165) is 41.4 Å². The number of aromatic nitrogens is 4. The first kappa shape index (κ1) is 14.1. The monoisotopic (exact) mass is 319 g/mol. The Bertz CT molecular complexity index is 642. The van der Waals surface area contributed by atoms with Gasteiger partial charge in [0.1, 0.15) is 5.76 Å². The molecule has 0 unspecified atom stereocenters. The average Bonchev–Trinajstić information content (AvgIpc) is 3.16. The fourth-order valence-corrected chi connectivity index (χ4v) is 3.83. The molecule has 1 aliphatic heterocycles. The van der Waals surface area contributed by atoms with Gasteiger partial charge in [-0.1, -0.05) is 16.9 Å². The van der Waals surface area contributed by atoms with E-state index in [9.17, 15) is 0 Å². The standard InChI is InChI=1S/C15H21N5OS/c1-11-9-13(21-18-11)10-22-15-17-16-14(20(15)12-5-6-12)19-7-3-2-4-8-19/h9,12H,2-8,10H2,1H3. The molecule has 22 heavy (non-hydrogen) atoms. The minimum Gasteiger partial charge on any atom is -0.360 e. The number of aryl methyl sites for hydroxylation is 1. The zero-order chi connectivity index (χ0) is 14.9. The van der Waals surface area contributed by atoms with Crippen LogP contribution in [0.3, 0.4) is 0 Å². The molecule has 7 heteroatoms. The minimum atomic E-state index is 0.589. The molecule has 2 aliphatic rings. The summed E-state index contributed by atoms with van der Waals surface area (Å²) in [6.45, 7) is 4.16. The maximum Gasteiger partial charge on any atom is 0.228 e. The molecule has 2 aromatic rings. The van der Waals surface area contributed by atoms with Crippen molar-refractivity contribution in [2.75, 3.05) is 18.0 Å². The summed E-state index contributed by atoms with van der Waals surface area (Å²) < 4.78 is 7.63. The second-order valence-electron chi connectivity index (χ2n) is 6.15. The summed E-state index contributed by atoms with van der Waals surface area (Å²) in [4.78, 5) is 2.40. The van der Waals surface area contributed by atoms with E-state index in [1.165, 1.54) is 32.1 Å². The smallest absolute Gasteiger partial charge is 0.228 e. The first-order chi connectivity index (χ1) is 10.8. The fraction of sp³-hybridized carbons (Fsp3) is 0.667. The number of hydrogen-bond acceptors (Lipinski definition) is 6. The first-order valence-electron chi connectivity index (χ1n) is 8.06. The lowest BCUT2D eigenvalue weighted by molar-refractivity contribution is 0.391. The van der Waals surface area contributed by atoms with E-state index in [1.807, 2.05) is 13.0 Å². The van der Waals surface area contributed by atoms with Crippen LogP contribution in [0.1, 0.15) is 49.6 Å². The maximum atomic E-state index is 5.29. The van der Waals surface area contributed by atoms with Crippen LogP contribution in [0.4, 0.5) is 5.95 Å². The highest BCUT2D eigenvalue weighted by Gasteiger charge is 2.32. The Balaban J connectivity index is 1.53. The lowest BCUT2D eigenvalue weighted by atomic mass is 10.1. The van der Waals surface area contributed by atoms with Crippen molar-refractivity contribution in [1.29, 1.82) is 0 Å². The van der Waals surface area contributed by atoms with Crippen LogP contribution in [0, 0.1) is 6.92 Å². The molecule has 118 valence electrons. The van der Waals surface area contributed by atoms with Crippen LogP contribution in [-0.4, -0.2) is 33.0 Å². The summed E-state index contributed by atoms with van der Waals surface area (Å²) in [5.74, 6) is 2.72. The highest BCUT2D eigenvalue weighted by Crippen LogP contribution is 2.41. The zero-order valence-electron chi connectivity index (χ0n) is 12.9. The van der Waals surface area contributed by atoms with Crippen molar-refractivity contribution >= 4 is 17.7 Å². The minimum absolute atomic E-state index is 0.589. The van der Waals surface area contributed by atoms with Crippen molar-refractivity contribution in [2.45, 2.75) is 56.0 Å². The van der Waals surface area contributed by atoms with Crippen LogP contribution in [0.2, 0.25) is 0 Å². The number of nitrogens with zero attached hydrogens (tertiary/aromatic N) is 5. The Morgan fingerprint density at radius 3 is 2.73 bits per heavy atom. The van der Waals surface area contributed by atoms with Gasteiger partial charge in [0.2, 0.25) is 5.95 Å². The maximum absolute atomic E-state index is 5.29. The van der Waals surface area contributed by atoms with Gasteiger partial charge >= 0.3 is 0 Å². The number of rotatable bonds is 5. The van der Waals surface area contributed by atoms with Crippen LogP contribution in [0.25, 0.3) is 0 Å². The molecule has 6 nitrogen and oxygen atoms in total. The summed E-state index contributed by atoms with van der Waals surface area (Å²) in [6, 6.07) is 2.57. The second kappa shape index (κ2) is 5.95. The molecule has 0 spiro atoms. The summed E-state index contributed by atoms with van der Waals surface area (Å²) in [6.07, 6.45) is 6.34. The van der Waals surface area contributed by atoms with E-state index in [4.69, 9.17) is 4.52 Å². The Labute approximate surface area is 134 Å². The molecule has 4 rings (SSSR count). The predicted octanol–water partition coefficient (Wildman–Crippen LogP) is 3.19. The van der Waals surface area contributed by atoms with Crippen LogP contribution >= 0.6 is 11.8 Å². The molecule has 2 fully saturated rings. The van der Waals surface area contributed by atoms with Gasteiger partial charge in [0.05, 0.1) is 11.4 Å². The normalized spacial score (nSPS) is 18.9. The first-order valence-corrected chi connectivity index (χ1v) is 9.04. The van der Waals surface area contributed by atoms with Crippen molar-refractivity contribution in [3.8, 4) is 0 Å². The van der Waals surface area contributed by atoms with Gasteiger partial charge in [0, 0.05) is 25.2 Å². The van der Waals surface area contributed by atoms with Crippen LogP contribution in [0.15, 0.2) is 15.7 Å². The Kier molecular flexibility index (Phi) is 3.82. The van der Waals surface area contributed by atoms with Gasteiger partial charge in [-0.15, -0.1) is 10.2 Å². The van der Waals surface area contributed by atoms with E-state index >= 15 is 0 Å². The molecule has 1 aliphatic carbocycles. The number of piperidine rings is 1. The van der Waals surface area contributed by atoms with Gasteiger partial charge in [-0.25, -0.2) is 0 Å². The molecule has 2 aromatic heterocycles. The highest BCUT2D eigenvalue weighted by atomic mass is 32.2. The third kappa shape index (κ3) is 2.86.